The van der Waals surface area contributed by atoms with Crippen LogP contribution in [0.2, 0.25) is 0 Å². The van der Waals surface area contributed by atoms with Gasteiger partial charge in [-0.25, -0.2) is 4.79 Å². The summed E-state index contributed by atoms with van der Waals surface area (Å²) in [6.07, 6.45) is 2.28. The predicted octanol–water partition coefficient (Wildman–Crippen LogP) is 4.06. The van der Waals surface area contributed by atoms with Gasteiger partial charge in [0.15, 0.2) is 0 Å². The summed E-state index contributed by atoms with van der Waals surface area (Å²) in [5.41, 5.74) is 4.69. The Labute approximate surface area is 193 Å². The van der Waals surface area contributed by atoms with Crippen LogP contribution in [0.1, 0.15) is 56.1 Å². The van der Waals surface area contributed by atoms with E-state index in [4.69, 9.17) is 9.84 Å². The van der Waals surface area contributed by atoms with Crippen molar-refractivity contribution in [3.8, 4) is 11.1 Å². The number of aliphatic carboxylic acids is 1. The van der Waals surface area contributed by atoms with Gasteiger partial charge in [-0.05, 0) is 48.4 Å². The molecule has 4 rings (SSSR count). The van der Waals surface area contributed by atoms with Gasteiger partial charge in [0.1, 0.15) is 6.61 Å². The van der Waals surface area contributed by atoms with Crippen LogP contribution < -0.4 is 10.6 Å². The minimum Gasteiger partial charge on any atom is -0.481 e. The first kappa shape index (κ1) is 22.8. The van der Waals surface area contributed by atoms with Crippen molar-refractivity contribution in [1.29, 1.82) is 0 Å². The normalized spacial score (nSPS) is 20.3. The van der Waals surface area contributed by atoms with Crippen LogP contribution in [-0.4, -0.2) is 41.8 Å². The summed E-state index contributed by atoms with van der Waals surface area (Å²) < 4.78 is 5.63. The van der Waals surface area contributed by atoms with Crippen molar-refractivity contribution in [2.75, 3.05) is 6.61 Å². The molecule has 174 valence electrons. The molecule has 7 heteroatoms. The topological polar surface area (TPSA) is 105 Å². The maximum atomic E-state index is 12.6. The van der Waals surface area contributed by atoms with Crippen LogP contribution in [0.5, 0.6) is 0 Å². The minimum atomic E-state index is -0.943. The number of benzene rings is 2. The molecule has 0 unspecified atom stereocenters. The van der Waals surface area contributed by atoms with Gasteiger partial charge in [0.25, 0.3) is 0 Å². The van der Waals surface area contributed by atoms with Gasteiger partial charge in [0, 0.05) is 23.9 Å². The first-order valence-corrected chi connectivity index (χ1v) is 11.6. The molecule has 7 nitrogen and oxygen atoms in total. The number of ether oxygens (including phenoxy) is 1. The maximum absolute atomic E-state index is 12.6. The quantitative estimate of drug-likeness (QED) is 0.590. The predicted molar refractivity (Wildman–Crippen MR) is 124 cm³/mol. The van der Waals surface area contributed by atoms with Gasteiger partial charge in [-0.3, -0.25) is 9.59 Å². The molecule has 0 saturated heterocycles. The molecule has 1 fully saturated rings. The van der Waals surface area contributed by atoms with Gasteiger partial charge in [-0.1, -0.05) is 55.0 Å². The molecule has 2 aliphatic carbocycles. The number of rotatable bonds is 7. The highest BCUT2D eigenvalue weighted by atomic mass is 16.5. The average Bonchev–Trinajstić information content (AvgIpc) is 3.11. The Balaban J connectivity index is 1.30. The summed E-state index contributed by atoms with van der Waals surface area (Å²) >= 11 is 0. The van der Waals surface area contributed by atoms with Gasteiger partial charge in [0.2, 0.25) is 5.91 Å². The Kier molecular flexibility index (Phi) is 6.96. The van der Waals surface area contributed by atoms with Crippen molar-refractivity contribution in [2.24, 2.45) is 5.92 Å². The summed E-state index contributed by atoms with van der Waals surface area (Å²) in [6, 6.07) is 15.8. The van der Waals surface area contributed by atoms with Crippen LogP contribution in [0, 0.1) is 5.92 Å². The zero-order valence-corrected chi connectivity index (χ0v) is 18.8. The number of carbonyl (C=O) groups excluding carboxylic acids is 2. The van der Waals surface area contributed by atoms with Crippen molar-refractivity contribution < 1.29 is 24.2 Å². The highest BCUT2D eigenvalue weighted by molar-refractivity contribution is 5.80. The van der Waals surface area contributed by atoms with E-state index in [1.165, 1.54) is 11.1 Å². The number of carboxylic acid groups (broad SMARTS) is 1. The highest BCUT2D eigenvalue weighted by Gasteiger charge is 2.31. The van der Waals surface area contributed by atoms with E-state index in [0.717, 1.165) is 30.4 Å². The first-order valence-electron chi connectivity index (χ1n) is 11.6. The number of fused-ring (bicyclic) bond motifs is 3. The Morgan fingerprint density at radius 3 is 2.30 bits per heavy atom. The van der Waals surface area contributed by atoms with E-state index in [9.17, 15) is 14.4 Å². The maximum Gasteiger partial charge on any atom is 0.407 e. The zero-order valence-electron chi connectivity index (χ0n) is 18.8. The van der Waals surface area contributed by atoms with E-state index in [2.05, 4.69) is 34.9 Å². The lowest BCUT2D eigenvalue weighted by Crippen LogP contribution is -2.44. The average molecular weight is 451 g/mol. The van der Waals surface area contributed by atoms with E-state index in [0.29, 0.717) is 6.42 Å². The smallest absolute Gasteiger partial charge is 0.407 e. The summed E-state index contributed by atoms with van der Waals surface area (Å²) in [5, 5.41) is 14.6. The molecule has 33 heavy (non-hydrogen) atoms. The van der Waals surface area contributed by atoms with Gasteiger partial charge < -0.3 is 20.5 Å². The monoisotopic (exact) mass is 450 g/mol. The number of hydrogen-bond acceptors (Lipinski definition) is 4. The summed E-state index contributed by atoms with van der Waals surface area (Å²) in [6.45, 7) is 1.93. The van der Waals surface area contributed by atoms with E-state index in [1.807, 2.05) is 24.3 Å². The molecule has 2 amide bonds. The molecule has 0 spiro atoms. The summed E-state index contributed by atoms with van der Waals surface area (Å²) in [4.78, 5) is 35.9. The highest BCUT2D eigenvalue weighted by Crippen LogP contribution is 2.44. The molecule has 3 N–H and O–H groups in total. The van der Waals surface area contributed by atoms with Gasteiger partial charge >= 0.3 is 12.1 Å². The lowest BCUT2D eigenvalue weighted by molar-refractivity contribution is -0.137. The fraction of sp³-hybridized carbons (Fsp3) is 0.423. The SMILES string of the molecule is C[C@H](CC(=O)O)NC(=O)[C@@H]1CCC[C@@H](NC(=O)OCC2c3ccccc3-c3ccccc32)C1. The largest absolute Gasteiger partial charge is 0.481 e. The molecule has 2 aromatic carbocycles. The molecule has 0 heterocycles. The molecule has 3 atom stereocenters. The third-order valence-electron chi connectivity index (χ3n) is 6.58. The minimum absolute atomic E-state index is 0.00348. The van der Waals surface area contributed by atoms with Gasteiger partial charge in [-0.2, -0.15) is 0 Å². The van der Waals surface area contributed by atoms with E-state index >= 15 is 0 Å². The van der Waals surface area contributed by atoms with E-state index in [1.54, 1.807) is 6.92 Å². The summed E-state index contributed by atoms with van der Waals surface area (Å²) in [7, 11) is 0. The number of nitrogens with one attached hydrogen (secondary N) is 2. The number of alkyl carbamates (subject to hydrolysis) is 1. The van der Waals surface area contributed by atoms with Gasteiger partial charge in [-0.15, -0.1) is 0 Å². The van der Waals surface area contributed by atoms with Crippen molar-refractivity contribution in [2.45, 2.75) is 57.0 Å². The fourth-order valence-corrected chi connectivity index (χ4v) is 5.04. The number of amides is 2. The fourth-order valence-electron chi connectivity index (χ4n) is 5.04. The summed E-state index contributed by atoms with van der Waals surface area (Å²) in [5.74, 6) is -1.33. The van der Waals surface area contributed by atoms with Crippen LogP contribution in [0.25, 0.3) is 11.1 Å². The Morgan fingerprint density at radius 2 is 1.67 bits per heavy atom. The Morgan fingerprint density at radius 1 is 1.03 bits per heavy atom. The van der Waals surface area contributed by atoms with Crippen molar-refractivity contribution in [1.82, 2.24) is 10.6 Å². The second kappa shape index (κ2) is 10.1. The van der Waals surface area contributed by atoms with Crippen molar-refractivity contribution in [3.05, 3.63) is 59.7 Å². The van der Waals surface area contributed by atoms with Crippen molar-refractivity contribution in [3.63, 3.8) is 0 Å². The van der Waals surface area contributed by atoms with Crippen molar-refractivity contribution >= 4 is 18.0 Å². The van der Waals surface area contributed by atoms with Crippen LogP contribution in [0.3, 0.4) is 0 Å². The third-order valence-corrected chi connectivity index (χ3v) is 6.58. The second-order valence-electron chi connectivity index (χ2n) is 9.04. The van der Waals surface area contributed by atoms with Gasteiger partial charge in [0.05, 0.1) is 6.42 Å². The number of carboxylic acids is 1. The van der Waals surface area contributed by atoms with Crippen LogP contribution in [-0.2, 0) is 14.3 Å². The first-order chi connectivity index (χ1) is 15.9. The molecule has 2 aromatic rings. The van der Waals surface area contributed by atoms with E-state index in [-0.39, 0.29) is 36.8 Å². The second-order valence-corrected chi connectivity index (χ2v) is 9.04. The molecule has 0 radical (unpaired) electrons. The Hall–Kier alpha value is -3.35. The molecular weight excluding hydrogens is 420 g/mol. The van der Waals surface area contributed by atoms with Crippen LogP contribution >= 0.6 is 0 Å². The van der Waals surface area contributed by atoms with E-state index < -0.39 is 18.1 Å². The number of carbonyl (C=O) groups is 3. The zero-order chi connectivity index (χ0) is 23.4. The van der Waals surface area contributed by atoms with Crippen LogP contribution in [0.4, 0.5) is 4.79 Å². The number of hydrogen-bond donors (Lipinski definition) is 3. The van der Waals surface area contributed by atoms with Crippen LogP contribution in [0.15, 0.2) is 48.5 Å². The molecule has 1 saturated carbocycles. The molecule has 2 aliphatic rings. The molecule has 0 bridgehead atoms. The standard InChI is InChI=1S/C26H30N2O5/c1-16(13-24(29)30)27-25(31)17-7-6-8-18(14-17)28-26(32)33-15-23-21-11-4-2-9-19(21)20-10-3-5-12-22(20)23/h2-5,9-12,16-18,23H,6-8,13-15H2,1H3,(H,27,31)(H,28,32)(H,29,30)/t16-,17-,18-/m1/s1. The lowest BCUT2D eigenvalue weighted by atomic mass is 9.85. The third kappa shape index (κ3) is 5.35. The molecular formula is C26H30N2O5. The lowest BCUT2D eigenvalue weighted by Gasteiger charge is -2.29. The molecule has 0 aliphatic heterocycles. The Bertz CT molecular complexity index is 991. The molecule has 0 aromatic heterocycles.